The Morgan fingerprint density at radius 3 is 2.26 bits per heavy atom. The Kier molecular flexibility index (Phi) is 12.9. The van der Waals surface area contributed by atoms with Crippen LogP contribution in [0.25, 0.3) is 0 Å². The van der Waals surface area contributed by atoms with E-state index in [0.29, 0.717) is 12.5 Å². The zero-order valence-corrected chi connectivity index (χ0v) is 30.9. The average Bonchev–Trinajstić information content (AvgIpc) is 3.34. The number of terminal acetylenes is 1. The molecule has 264 valence electrons. The molecule has 10 nitrogen and oxygen atoms in total. The Balaban J connectivity index is 1.80. The summed E-state index contributed by atoms with van der Waals surface area (Å²) in [6, 6.07) is -3.18. The van der Waals surface area contributed by atoms with Gasteiger partial charge in [0.05, 0.1) is 6.04 Å². The highest BCUT2D eigenvalue weighted by molar-refractivity contribution is 8.00. The van der Waals surface area contributed by atoms with E-state index in [2.05, 4.69) is 61.8 Å². The maximum Gasteiger partial charge on any atom is 0.315 e. The zero-order valence-electron chi connectivity index (χ0n) is 30.1. The van der Waals surface area contributed by atoms with Crippen molar-refractivity contribution in [2.75, 3.05) is 18.8 Å². The van der Waals surface area contributed by atoms with E-state index >= 15 is 0 Å². The predicted octanol–water partition coefficient (Wildman–Crippen LogP) is 4.27. The first-order valence-electron chi connectivity index (χ1n) is 17.4. The molecule has 0 bridgehead atoms. The van der Waals surface area contributed by atoms with E-state index in [1.54, 1.807) is 11.8 Å². The normalized spacial score (nSPS) is 26.5. The summed E-state index contributed by atoms with van der Waals surface area (Å²) < 4.78 is 0.132. The van der Waals surface area contributed by atoms with E-state index in [4.69, 9.17) is 6.42 Å². The van der Waals surface area contributed by atoms with Gasteiger partial charge in [0.2, 0.25) is 17.6 Å². The van der Waals surface area contributed by atoms with Gasteiger partial charge in [-0.25, -0.2) is 4.79 Å². The fourth-order valence-electron chi connectivity index (χ4n) is 7.26. The van der Waals surface area contributed by atoms with Gasteiger partial charge in [-0.1, -0.05) is 74.7 Å². The molecule has 4 N–H and O–H groups in total. The topological polar surface area (TPSA) is 137 Å². The lowest BCUT2D eigenvalue weighted by Crippen LogP contribution is -2.62. The molecule has 2 aliphatic carbocycles. The minimum atomic E-state index is -1.10. The molecule has 0 aromatic rings. The first-order chi connectivity index (χ1) is 21.8. The molecular weight excluding hydrogens is 614 g/mol. The van der Waals surface area contributed by atoms with Crippen LogP contribution in [-0.2, 0) is 19.2 Å². The van der Waals surface area contributed by atoms with E-state index in [1.165, 1.54) is 0 Å². The van der Waals surface area contributed by atoms with Crippen molar-refractivity contribution < 1.29 is 24.0 Å². The SMILES string of the molecule is C#CCCC(NC(=O)C1[C@H]2C(CN1C(=O)[C@@H](NC(=O)NC1CCCCCC1CSC(C)(C)C)C(C)(C)C)C2(C)C)C(=O)C(=O)NCC. The molecule has 1 heterocycles. The lowest BCUT2D eigenvalue weighted by molar-refractivity contribution is -0.145. The maximum absolute atomic E-state index is 14.4. The zero-order chi connectivity index (χ0) is 35.3. The molecular formula is C36H59N5O5S. The van der Waals surface area contributed by atoms with Crippen molar-refractivity contribution in [1.82, 2.24) is 26.2 Å². The minimum Gasteiger partial charge on any atom is -0.350 e. The fourth-order valence-corrected chi connectivity index (χ4v) is 8.37. The highest BCUT2D eigenvalue weighted by Crippen LogP contribution is 2.65. The molecule has 3 aliphatic rings. The van der Waals surface area contributed by atoms with Crippen molar-refractivity contribution in [3.8, 4) is 12.3 Å². The van der Waals surface area contributed by atoms with E-state index < -0.39 is 41.1 Å². The van der Waals surface area contributed by atoms with E-state index in [-0.39, 0.29) is 59.4 Å². The number of rotatable bonds is 12. The fraction of sp³-hybridized carbons (Fsp3) is 0.806. The monoisotopic (exact) mass is 673 g/mol. The van der Waals surface area contributed by atoms with Gasteiger partial charge in [-0.2, -0.15) is 11.8 Å². The van der Waals surface area contributed by atoms with Crippen molar-refractivity contribution in [1.29, 1.82) is 0 Å². The number of nitrogens with one attached hydrogen (secondary N) is 4. The molecule has 5 unspecified atom stereocenters. The van der Waals surface area contributed by atoms with Crippen molar-refractivity contribution in [3.05, 3.63) is 0 Å². The van der Waals surface area contributed by atoms with Crippen LogP contribution in [0.1, 0.15) is 107 Å². The molecule has 0 aromatic heterocycles. The van der Waals surface area contributed by atoms with Crippen molar-refractivity contribution in [3.63, 3.8) is 0 Å². The van der Waals surface area contributed by atoms with Gasteiger partial charge < -0.3 is 26.2 Å². The number of Topliss-reactive ketones (excluding diaryl/α,β-unsaturated/α-hetero) is 1. The molecule has 5 amide bonds. The third-order valence-electron chi connectivity index (χ3n) is 10.1. The number of likely N-dealkylation sites (N-methyl/N-ethyl adjacent to an activating group) is 1. The van der Waals surface area contributed by atoms with Crippen molar-refractivity contribution in [2.45, 2.75) is 136 Å². The molecule has 0 radical (unpaired) electrons. The number of carbonyl (C=O) groups is 5. The van der Waals surface area contributed by atoms with Crippen LogP contribution in [0.5, 0.6) is 0 Å². The number of urea groups is 1. The van der Waals surface area contributed by atoms with Crippen LogP contribution in [0.4, 0.5) is 4.79 Å². The molecule has 2 saturated carbocycles. The number of piperidine rings is 1. The maximum atomic E-state index is 14.4. The smallest absolute Gasteiger partial charge is 0.315 e. The number of carbonyl (C=O) groups excluding carboxylic acids is 5. The Hall–Kier alpha value is -2.74. The molecule has 3 fully saturated rings. The molecule has 0 spiro atoms. The number of nitrogens with zero attached hydrogens (tertiary/aromatic N) is 1. The van der Waals surface area contributed by atoms with Gasteiger partial charge in [-0.3, -0.25) is 19.2 Å². The van der Waals surface area contributed by atoms with Crippen LogP contribution in [0, 0.1) is 40.9 Å². The summed E-state index contributed by atoms with van der Waals surface area (Å²) in [4.78, 5) is 68.9. The number of hydrogen-bond acceptors (Lipinski definition) is 6. The Morgan fingerprint density at radius 2 is 1.66 bits per heavy atom. The van der Waals surface area contributed by atoms with Crippen LogP contribution in [-0.4, -0.2) is 82.2 Å². The van der Waals surface area contributed by atoms with Gasteiger partial charge in [0.15, 0.2) is 0 Å². The standard InChI is InChI=1S/C36H59N5O5S/c1-11-13-18-25(28(42)31(44)37-12-2)38-30(43)27-26-23(36(26,9)10)20-41(27)32(45)29(34(3,4)5)40-33(46)39-24-19-16-14-15-17-22(24)21-47-35(6,7)8/h1,22-27,29H,12-21H2,2-10H3,(H,37,44)(H,38,43)(H2,39,40,46)/t22?,23?,24?,25?,26-,27?,29-/m1/s1. The Morgan fingerprint density at radius 1 is 1.00 bits per heavy atom. The number of ketones is 1. The third-order valence-corrected chi connectivity index (χ3v) is 11.6. The number of hydrogen-bond donors (Lipinski definition) is 4. The van der Waals surface area contributed by atoms with Gasteiger partial charge in [-0.05, 0) is 60.5 Å². The summed E-state index contributed by atoms with van der Waals surface area (Å²) in [5, 5.41) is 11.5. The van der Waals surface area contributed by atoms with E-state index in [1.807, 2.05) is 32.5 Å². The number of amides is 5. The Bertz CT molecular complexity index is 1220. The minimum absolute atomic E-state index is 0.0178. The second kappa shape index (κ2) is 15.7. The van der Waals surface area contributed by atoms with Gasteiger partial charge in [0.25, 0.3) is 5.91 Å². The molecule has 7 atom stereocenters. The number of likely N-dealkylation sites (tertiary alicyclic amines) is 1. The lowest BCUT2D eigenvalue weighted by Gasteiger charge is -2.38. The second-order valence-corrected chi connectivity index (χ2v) is 18.1. The summed E-state index contributed by atoms with van der Waals surface area (Å²) in [7, 11) is 0. The summed E-state index contributed by atoms with van der Waals surface area (Å²) in [6.07, 6.45) is 11.1. The summed E-state index contributed by atoms with van der Waals surface area (Å²) >= 11 is 1.92. The van der Waals surface area contributed by atoms with Crippen LogP contribution >= 0.6 is 11.8 Å². The molecule has 3 rings (SSSR count). The Labute approximate surface area is 286 Å². The van der Waals surface area contributed by atoms with E-state index in [9.17, 15) is 24.0 Å². The first-order valence-corrected chi connectivity index (χ1v) is 18.4. The van der Waals surface area contributed by atoms with E-state index in [0.717, 1.165) is 37.9 Å². The van der Waals surface area contributed by atoms with Crippen LogP contribution in [0.3, 0.4) is 0 Å². The third kappa shape index (κ3) is 9.90. The van der Waals surface area contributed by atoms with Gasteiger partial charge in [0.1, 0.15) is 12.1 Å². The van der Waals surface area contributed by atoms with Crippen LogP contribution < -0.4 is 21.3 Å². The lowest BCUT2D eigenvalue weighted by atomic mass is 9.85. The average molecular weight is 674 g/mol. The van der Waals surface area contributed by atoms with Crippen LogP contribution in [0.15, 0.2) is 0 Å². The van der Waals surface area contributed by atoms with Gasteiger partial charge in [0, 0.05) is 30.3 Å². The number of thioether (sulfide) groups is 1. The molecule has 1 aliphatic heterocycles. The predicted molar refractivity (Wildman–Crippen MR) is 187 cm³/mol. The number of fused-ring (bicyclic) bond motifs is 1. The molecule has 47 heavy (non-hydrogen) atoms. The highest BCUT2D eigenvalue weighted by Gasteiger charge is 2.70. The van der Waals surface area contributed by atoms with Crippen LogP contribution in [0.2, 0.25) is 0 Å². The quantitative estimate of drug-likeness (QED) is 0.139. The summed E-state index contributed by atoms with van der Waals surface area (Å²) in [5.41, 5.74) is -0.815. The second-order valence-electron chi connectivity index (χ2n) is 16.3. The largest absolute Gasteiger partial charge is 0.350 e. The summed E-state index contributed by atoms with van der Waals surface area (Å²) in [6.45, 7) is 18.8. The molecule has 1 saturated heterocycles. The summed E-state index contributed by atoms with van der Waals surface area (Å²) in [5.74, 6) is 1.43. The van der Waals surface area contributed by atoms with Gasteiger partial charge >= 0.3 is 6.03 Å². The van der Waals surface area contributed by atoms with Crippen molar-refractivity contribution >= 4 is 41.3 Å². The molecule has 11 heteroatoms. The first kappa shape index (κ1) is 38.7. The van der Waals surface area contributed by atoms with Gasteiger partial charge in [-0.15, -0.1) is 12.3 Å². The highest BCUT2D eigenvalue weighted by atomic mass is 32.2. The van der Waals surface area contributed by atoms with Crippen molar-refractivity contribution in [2.24, 2.45) is 28.6 Å². The molecule has 0 aromatic carbocycles.